The fraction of sp³-hybridized carbons (Fsp3) is 0.462. The summed E-state index contributed by atoms with van der Waals surface area (Å²) in [5, 5.41) is 3.54. The molecule has 4 nitrogen and oxygen atoms in total. The number of hydrogen-bond donors (Lipinski definition) is 1. The largest absolute Gasteiger partial charge is 0.496 e. The van der Waals surface area contributed by atoms with Crippen molar-refractivity contribution in [3.63, 3.8) is 0 Å². The molecule has 18 heavy (non-hydrogen) atoms. The van der Waals surface area contributed by atoms with Crippen molar-refractivity contribution in [1.29, 1.82) is 0 Å². The molecule has 0 aromatic heterocycles. The Balaban J connectivity index is 2.77. The lowest BCUT2D eigenvalue weighted by molar-refractivity contribution is 0.0907. The molecular formula is C13H18BrNO3. The third-order valence-electron chi connectivity index (χ3n) is 2.56. The van der Waals surface area contributed by atoms with Crippen molar-refractivity contribution in [2.75, 3.05) is 26.2 Å². The van der Waals surface area contributed by atoms with Crippen molar-refractivity contribution in [2.45, 2.75) is 13.0 Å². The molecular weight excluding hydrogens is 298 g/mol. The van der Waals surface area contributed by atoms with Crippen LogP contribution in [0, 0.1) is 6.92 Å². The van der Waals surface area contributed by atoms with Crippen LogP contribution in [-0.4, -0.2) is 38.1 Å². The number of nitrogens with one attached hydrogen (secondary N) is 1. The van der Waals surface area contributed by atoms with E-state index < -0.39 is 0 Å². The van der Waals surface area contributed by atoms with E-state index in [1.807, 2.05) is 13.0 Å². The molecule has 1 amide bonds. The van der Waals surface area contributed by atoms with Crippen LogP contribution in [0.2, 0.25) is 0 Å². The first kappa shape index (κ1) is 15.0. The summed E-state index contributed by atoms with van der Waals surface area (Å²) >= 11 is 3.34. The molecule has 1 N–H and O–H groups in total. The Morgan fingerprint density at radius 3 is 2.72 bits per heavy atom. The summed E-state index contributed by atoms with van der Waals surface area (Å²) < 4.78 is 10.2. The van der Waals surface area contributed by atoms with Crippen LogP contribution in [-0.2, 0) is 4.74 Å². The van der Waals surface area contributed by atoms with Crippen LogP contribution in [0.4, 0.5) is 0 Å². The average Bonchev–Trinajstić information content (AvgIpc) is 2.38. The normalized spacial score (nSPS) is 12.0. The molecule has 5 heteroatoms. The lowest BCUT2D eigenvalue weighted by atomic mass is 10.1. The second-order valence-electron chi connectivity index (χ2n) is 3.96. The fourth-order valence-electron chi connectivity index (χ4n) is 1.56. The Kier molecular flexibility index (Phi) is 6.15. The number of benzene rings is 1. The molecule has 1 rings (SSSR count). The van der Waals surface area contributed by atoms with Gasteiger partial charge in [-0.2, -0.15) is 0 Å². The first-order valence-corrected chi connectivity index (χ1v) is 6.75. The maximum absolute atomic E-state index is 12.0. The van der Waals surface area contributed by atoms with Gasteiger partial charge < -0.3 is 14.8 Å². The van der Waals surface area contributed by atoms with Crippen molar-refractivity contribution < 1.29 is 14.3 Å². The molecule has 0 aliphatic rings. The van der Waals surface area contributed by atoms with E-state index in [9.17, 15) is 4.79 Å². The highest BCUT2D eigenvalue weighted by Gasteiger charge is 2.13. The minimum atomic E-state index is -0.130. The first-order chi connectivity index (χ1) is 8.62. The molecule has 0 radical (unpaired) electrons. The number of carbonyl (C=O) groups excluding carboxylic acids is 1. The third kappa shape index (κ3) is 3.99. The maximum Gasteiger partial charge on any atom is 0.251 e. The number of amides is 1. The summed E-state index contributed by atoms with van der Waals surface area (Å²) in [4.78, 5) is 12.0. The SMILES string of the molecule is COCC(CBr)NC(=O)c1ccc(C)c(OC)c1. The van der Waals surface area contributed by atoms with E-state index >= 15 is 0 Å². The number of hydrogen-bond acceptors (Lipinski definition) is 3. The number of carbonyl (C=O) groups is 1. The fourth-order valence-corrected chi connectivity index (χ4v) is 1.90. The highest BCUT2D eigenvalue weighted by atomic mass is 79.9. The zero-order valence-corrected chi connectivity index (χ0v) is 12.4. The third-order valence-corrected chi connectivity index (χ3v) is 3.34. The lowest BCUT2D eigenvalue weighted by Gasteiger charge is -2.15. The number of ether oxygens (including phenoxy) is 2. The predicted octanol–water partition coefficient (Wildman–Crippen LogP) is 2.14. The van der Waals surface area contributed by atoms with Gasteiger partial charge in [0.15, 0.2) is 0 Å². The Morgan fingerprint density at radius 2 is 2.17 bits per heavy atom. The van der Waals surface area contributed by atoms with E-state index in [0.717, 1.165) is 5.56 Å². The van der Waals surface area contributed by atoms with Crippen LogP contribution in [0.3, 0.4) is 0 Å². The van der Waals surface area contributed by atoms with Gasteiger partial charge in [0.1, 0.15) is 5.75 Å². The van der Waals surface area contributed by atoms with Gasteiger partial charge in [0, 0.05) is 18.0 Å². The van der Waals surface area contributed by atoms with Crippen LogP contribution in [0.25, 0.3) is 0 Å². The molecule has 0 aliphatic heterocycles. The summed E-state index contributed by atoms with van der Waals surface area (Å²) in [7, 11) is 3.20. The molecule has 0 aliphatic carbocycles. The van der Waals surface area contributed by atoms with Crippen molar-refractivity contribution in [1.82, 2.24) is 5.32 Å². The molecule has 0 saturated carbocycles. The summed E-state index contributed by atoms with van der Waals surface area (Å²) in [5.41, 5.74) is 1.59. The van der Waals surface area contributed by atoms with E-state index in [2.05, 4.69) is 21.2 Å². The Hall–Kier alpha value is -1.07. The monoisotopic (exact) mass is 315 g/mol. The van der Waals surface area contributed by atoms with Gasteiger partial charge in [-0.3, -0.25) is 4.79 Å². The summed E-state index contributed by atoms with van der Waals surface area (Å²) in [6.07, 6.45) is 0. The first-order valence-electron chi connectivity index (χ1n) is 5.62. The Morgan fingerprint density at radius 1 is 1.44 bits per heavy atom. The van der Waals surface area contributed by atoms with E-state index in [-0.39, 0.29) is 11.9 Å². The summed E-state index contributed by atoms with van der Waals surface area (Å²) in [5.74, 6) is 0.583. The number of rotatable bonds is 6. The standard InChI is InChI=1S/C13H18BrNO3/c1-9-4-5-10(6-12(9)18-3)13(16)15-11(7-14)8-17-2/h4-6,11H,7-8H2,1-3H3,(H,15,16). The van der Waals surface area contributed by atoms with E-state index in [0.29, 0.717) is 23.2 Å². The molecule has 1 unspecified atom stereocenters. The zero-order valence-electron chi connectivity index (χ0n) is 10.8. The topological polar surface area (TPSA) is 47.6 Å². The lowest BCUT2D eigenvalue weighted by Crippen LogP contribution is -2.39. The van der Waals surface area contributed by atoms with Crippen LogP contribution < -0.4 is 10.1 Å². The molecule has 1 atom stereocenters. The van der Waals surface area contributed by atoms with Crippen molar-refractivity contribution in [2.24, 2.45) is 0 Å². The maximum atomic E-state index is 12.0. The number of methoxy groups -OCH3 is 2. The Labute approximate surface area is 116 Å². The van der Waals surface area contributed by atoms with E-state index in [1.54, 1.807) is 26.4 Å². The molecule has 1 aromatic rings. The van der Waals surface area contributed by atoms with Gasteiger partial charge in [-0.25, -0.2) is 0 Å². The highest BCUT2D eigenvalue weighted by Crippen LogP contribution is 2.18. The molecule has 0 saturated heterocycles. The van der Waals surface area contributed by atoms with Crippen molar-refractivity contribution in [3.05, 3.63) is 29.3 Å². The van der Waals surface area contributed by atoms with Gasteiger partial charge in [0.2, 0.25) is 0 Å². The van der Waals surface area contributed by atoms with Gasteiger partial charge in [-0.05, 0) is 24.6 Å². The van der Waals surface area contributed by atoms with Crippen LogP contribution in [0.5, 0.6) is 5.75 Å². The molecule has 0 fully saturated rings. The summed E-state index contributed by atoms with van der Waals surface area (Å²) in [6, 6.07) is 5.34. The van der Waals surface area contributed by atoms with Gasteiger partial charge in [-0.1, -0.05) is 22.0 Å². The quantitative estimate of drug-likeness (QED) is 0.818. The smallest absolute Gasteiger partial charge is 0.251 e. The van der Waals surface area contributed by atoms with Gasteiger partial charge in [0.25, 0.3) is 5.91 Å². The number of halogens is 1. The average molecular weight is 316 g/mol. The minimum Gasteiger partial charge on any atom is -0.496 e. The summed E-state index contributed by atoms with van der Waals surface area (Å²) in [6.45, 7) is 2.41. The Bertz CT molecular complexity index is 409. The second kappa shape index (κ2) is 7.38. The van der Waals surface area contributed by atoms with Gasteiger partial charge in [-0.15, -0.1) is 0 Å². The molecule has 0 spiro atoms. The molecule has 0 bridgehead atoms. The van der Waals surface area contributed by atoms with Gasteiger partial charge in [0.05, 0.1) is 19.8 Å². The molecule has 1 aromatic carbocycles. The zero-order chi connectivity index (χ0) is 13.5. The second-order valence-corrected chi connectivity index (χ2v) is 4.61. The molecule has 100 valence electrons. The van der Waals surface area contributed by atoms with Crippen LogP contribution in [0.1, 0.15) is 15.9 Å². The number of alkyl halides is 1. The van der Waals surface area contributed by atoms with Crippen LogP contribution >= 0.6 is 15.9 Å². The number of aryl methyl sites for hydroxylation is 1. The van der Waals surface area contributed by atoms with E-state index in [1.165, 1.54) is 0 Å². The highest BCUT2D eigenvalue weighted by molar-refractivity contribution is 9.09. The van der Waals surface area contributed by atoms with E-state index in [4.69, 9.17) is 9.47 Å². The minimum absolute atomic E-state index is 0.0465. The predicted molar refractivity (Wildman–Crippen MR) is 74.7 cm³/mol. The molecule has 0 heterocycles. The van der Waals surface area contributed by atoms with Crippen LogP contribution in [0.15, 0.2) is 18.2 Å². The van der Waals surface area contributed by atoms with Gasteiger partial charge >= 0.3 is 0 Å². The van der Waals surface area contributed by atoms with Crippen molar-refractivity contribution >= 4 is 21.8 Å². The van der Waals surface area contributed by atoms with Crippen molar-refractivity contribution in [3.8, 4) is 5.75 Å².